The predicted molar refractivity (Wildman–Crippen MR) is 73.1 cm³/mol. The van der Waals surface area contributed by atoms with Crippen LogP contribution in [0.25, 0.3) is 0 Å². The zero-order chi connectivity index (χ0) is 12.8. The van der Waals surface area contributed by atoms with Crippen LogP contribution in [0.2, 0.25) is 0 Å². The second-order valence-electron chi connectivity index (χ2n) is 4.94. The Bertz CT molecular complexity index is 330. The largest absolute Gasteiger partial charge is 0.307 e. The van der Waals surface area contributed by atoms with E-state index in [2.05, 4.69) is 38.1 Å². The van der Waals surface area contributed by atoms with Crippen LogP contribution in [-0.2, 0) is 7.05 Å². The smallest absolute Gasteiger partial charge is 0.0540 e. The Morgan fingerprint density at radius 3 is 2.59 bits per heavy atom. The molecule has 0 aliphatic carbocycles. The summed E-state index contributed by atoms with van der Waals surface area (Å²) < 4.78 is 1.94. The van der Waals surface area contributed by atoms with E-state index in [9.17, 15) is 0 Å². The SMILES string of the molecule is CCCCC(CC)NC(C)c1cnn(C)c1C. The van der Waals surface area contributed by atoms with Crippen molar-refractivity contribution in [1.29, 1.82) is 0 Å². The Labute approximate surface area is 106 Å². The summed E-state index contributed by atoms with van der Waals surface area (Å²) in [7, 11) is 2.00. The van der Waals surface area contributed by atoms with Gasteiger partial charge in [0, 0.05) is 30.4 Å². The molecule has 0 spiro atoms. The highest BCUT2D eigenvalue weighted by molar-refractivity contribution is 5.19. The van der Waals surface area contributed by atoms with Crippen molar-refractivity contribution >= 4 is 0 Å². The van der Waals surface area contributed by atoms with Crippen molar-refractivity contribution in [2.24, 2.45) is 7.05 Å². The summed E-state index contributed by atoms with van der Waals surface area (Å²) in [5.41, 5.74) is 2.58. The van der Waals surface area contributed by atoms with Gasteiger partial charge in [-0.2, -0.15) is 5.10 Å². The molecule has 1 aromatic rings. The van der Waals surface area contributed by atoms with Crippen molar-refractivity contribution in [1.82, 2.24) is 15.1 Å². The third kappa shape index (κ3) is 3.84. The van der Waals surface area contributed by atoms with Crippen molar-refractivity contribution in [2.45, 2.75) is 65.5 Å². The molecule has 0 fully saturated rings. The number of aromatic nitrogens is 2. The average Bonchev–Trinajstić information content (AvgIpc) is 2.65. The summed E-state index contributed by atoms with van der Waals surface area (Å²) in [6.45, 7) is 8.88. The minimum Gasteiger partial charge on any atom is -0.307 e. The molecular weight excluding hydrogens is 210 g/mol. The highest BCUT2D eigenvalue weighted by atomic mass is 15.3. The topological polar surface area (TPSA) is 29.9 Å². The maximum atomic E-state index is 4.31. The predicted octanol–water partition coefficient (Wildman–Crippen LogP) is 3.35. The van der Waals surface area contributed by atoms with Crippen molar-refractivity contribution in [3.63, 3.8) is 0 Å². The van der Waals surface area contributed by atoms with Crippen LogP contribution in [0.5, 0.6) is 0 Å². The normalized spacial score (nSPS) is 14.9. The second-order valence-corrected chi connectivity index (χ2v) is 4.94. The Balaban J connectivity index is 2.57. The second kappa shape index (κ2) is 6.80. The lowest BCUT2D eigenvalue weighted by Crippen LogP contribution is -2.31. The lowest BCUT2D eigenvalue weighted by molar-refractivity contribution is 0.409. The lowest BCUT2D eigenvalue weighted by Gasteiger charge is -2.22. The van der Waals surface area contributed by atoms with Crippen LogP contribution >= 0.6 is 0 Å². The van der Waals surface area contributed by atoms with Crippen molar-refractivity contribution in [3.8, 4) is 0 Å². The van der Waals surface area contributed by atoms with E-state index in [-0.39, 0.29) is 0 Å². The number of aryl methyl sites for hydroxylation is 1. The molecule has 1 rings (SSSR count). The van der Waals surface area contributed by atoms with Gasteiger partial charge in [0.2, 0.25) is 0 Å². The molecule has 1 N–H and O–H groups in total. The van der Waals surface area contributed by atoms with Crippen LogP contribution < -0.4 is 5.32 Å². The van der Waals surface area contributed by atoms with E-state index in [0.717, 1.165) is 0 Å². The Morgan fingerprint density at radius 1 is 1.41 bits per heavy atom. The van der Waals surface area contributed by atoms with Crippen LogP contribution in [0.15, 0.2) is 6.20 Å². The standard InChI is InChI=1S/C14H27N3/c1-6-8-9-13(7-2)16-11(3)14-10-15-17(5)12(14)4/h10-11,13,16H,6-9H2,1-5H3. The van der Waals surface area contributed by atoms with E-state index in [1.807, 2.05) is 17.9 Å². The number of nitrogens with zero attached hydrogens (tertiary/aromatic N) is 2. The molecule has 2 atom stereocenters. The van der Waals surface area contributed by atoms with Gasteiger partial charge in [0.15, 0.2) is 0 Å². The van der Waals surface area contributed by atoms with Crippen LogP contribution in [0.3, 0.4) is 0 Å². The lowest BCUT2D eigenvalue weighted by atomic mass is 10.0. The molecule has 0 saturated heterocycles. The van der Waals surface area contributed by atoms with Crippen LogP contribution in [0.4, 0.5) is 0 Å². The van der Waals surface area contributed by atoms with Gasteiger partial charge in [-0.1, -0.05) is 26.7 Å². The third-order valence-corrected chi connectivity index (χ3v) is 3.62. The Kier molecular flexibility index (Phi) is 5.69. The zero-order valence-corrected chi connectivity index (χ0v) is 12.0. The first kappa shape index (κ1) is 14.2. The van der Waals surface area contributed by atoms with Crippen LogP contribution in [-0.4, -0.2) is 15.8 Å². The molecular formula is C14H27N3. The van der Waals surface area contributed by atoms with Crippen LogP contribution in [0, 0.1) is 6.92 Å². The first-order valence-electron chi connectivity index (χ1n) is 6.84. The zero-order valence-electron chi connectivity index (χ0n) is 12.0. The van der Waals surface area contributed by atoms with E-state index in [0.29, 0.717) is 12.1 Å². The number of hydrogen-bond acceptors (Lipinski definition) is 2. The Morgan fingerprint density at radius 2 is 2.12 bits per heavy atom. The summed E-state index contributed by atoms with van der Waals surface area (Å²) in [6.07, 6.45) is 7.04. The quantitative estimate of drug-likeness (QED) is 0.788. The molecule has 0 aliphatic heterocycles. The van der Waals surface area contributed by atoms with Gasteiger partial charge in [-0.05, 0) is 26.7 Å². The number of rotatable bonds is 7. The summed E-state index contributed by atoms with van der Waals surface area (Å²) in [5, 5.41) is 8.03. The van der Waals surface area contributed by atoms with E-state index >= 15 is 0 Å². The molecule has 1 aromatic heterocycles. The maximum Gasteiger partial charge on any atom is 0.0540 e. The monoisotopic (exact) mass is 237 g/mol. The third-order valence-electron chi connectivity index (χ3n) is 3.62. The highest BCUT2D eigenvalue weighted by Gasteiger charge is 2.15. The molecule has 0 aromatic carbocycles. The van der Waals surface area contributed by atoms with E-state index in [1.54, 1.807) is 0 Å². The first-order chi connectivity index (χ1) is 8.10. The van der Waals surface area contributed by atoms with E-state index in [4.69, 9.17) is 0 Å². The fourth-order valence-corrected chi connectivity index (χ4v) is 2.24. The van der Waals surface area contributed by atoms with Crippen molar-refractivity contribution in [3.05, 3.63) is 17.5 Å². The fraction of sp³-hybridized carbons (Fsp3) is 0.786. The van der Waals surface area contributed by atoms with E-state index < -0.39 is 0 Å². The molecule has 3 nitrogen and oxygen atoms in total. The van der Waals surface area contributed by atoms with Crippen molar-refractivity contribution < 1.29 is 0 Å². The van der Waals surface area contributed by atoms with Gasteiger partial charge >= 0.3 is 0 Å². The van der Waals surface area contributed by atoms with Gasteiger partial charge in [0.1, 0.15) is 0 Å². The minimum absolute atomic E-state index is 0.394. The summed E-state index contributed by atoms with van der Waals surface area (Å²) in [4.78, 5) is 0. The average molecular weight is 237 g/mol. The fourth-order valence-electron chi connectivity index (χ4n) is 2.24. The van der Waals surface area contributed by atoms with Gasteiger partial charge < -0.3 is 5.32 Å². The van der Waals surface area contributed by atoms with Gasteiger partial charge in [-0.3, -0.25) is 4.68 Å². The number of unbranched alkanes of at least 4 members (excludes halogenated alkanes) is 1. The molecule has 0 aliphatic rings. The van der Waals surface area contributed by atoms with Gasteiger partial charge in [0.25, 0.3) is 0 Å². The first-order valence-corrected chi connectivity index (χ1v) is 6.84. The maximum absolute atomic E-state index is 4.31. The molecule has 17 heavy (non-hydrogen) atoms. The Hall–Kier alpha value is -0.830. The summed E-state index contributed by atoms with van der Waals surface area (Å²) in [5.74, 6) is 0. The van der Waals surface area contributed by atoms with Crippen molar-refractivity contribution in [2.75, 3.05) is 0 Å². The van der Waals surface area contributed by atoms with E-state index in [1.165, 1.54) is 36.9 Å². The molecule has 0 radical (unpaired) electrons. The molecule has 98 valence electrons. The molecule has 2 unspecified atom stereocenters. The molecule has 1 heterocycles. The molecule has 3 heteroatoms. The molecule has 0 saturated carbocycles. The van der Waals surface area contributed by atoms with Gasteiger partial charge in [-0.15, -0.1) is 0 Å². The minimum atomic E-state index is 0.394. The molecule has 0 amide bonds. The molecule has 0 bridgehead atoms. The summed E-state index contributed by atoms with van der Waals surface area (Å²) in [6, 6.07) is 1.02. The van der Waals surface area contributed by atoms with Gasteiger partial charge in [0.05, 0.1) is 6.20 Å². The van der Waals surface area contributed by atoms with Crippen LogP contribution in [0.1, 0.15) is 63.8 Å². The number of hydrogen-bond donors (Lipinski definition) is 1. The number of nitrogens with one attached hydrogen (secondary N) is 1. The highest BCUT2D eigenvalue weighted by Crippen LogP contribution is 2.18. The summed E-state index contributed by atoms with van der Waals surface area (Å²) >= 11 is 0. The van der Waals surface area contributed by atoms with Gasteiger partial charge in [-0.25, -0.2) is 0 Å².